The van der Waals surface area contributed by atoms with Crippen LogP contribution < -0.4 is 5.73 Å². The van der Waals surface area contributed by atoms with Gasteiger partial charge < -0.3 is 10.8 Å². The summed E-state index contributed by atoms with van der Waals surface area (Å²) in [7, 11) is 0. The van der Waals surface area contributed by atoms with Crippen LogP contribution in [0.25, 0.3) is 0 Å². The maximum Gasteiger partial charge on any atom is 0.0752 e. The van der Waals surface area contributed by atoms with Gasteiger partial charge in [-0.2, -0.15) is 11.8 Å². The highest BCUT2D eigenvalue weighted by molar-refractivity contribution is 7.99. The van der Waals surface area contributed by atoms with Gasteiger partial charge in [0.15, 0.2) is 0 Å². The van der Waals surface area contributed by atoms with Crippen LogP contribution in [0.1, 0.15) is 13.8 Å². The second-order valence-electron chi connectivity index (χ2n) is 2.27. The van der Waals surface area contributed by atoms with Gasteiger partial charge in [-0.3, -0.25) is 0 Å². The summed E-state index contributed by atoms with van der Waals surface area (Å²) in [6, 6.07) is 0. The van der Waals surface area contributed by atoms with Crippen molar-refractivity contribution in [3.05, 3.63) is 0 Å². The van der Waals surface area contributed by atoms with Crippen LogP contribution >= 0.6 is 11.8 Å². The Morgan fingerprint density at radius 1 is 1.56 bits per heavy atom. The molecule has 0 aliphatic heterocycles. The molecule has 0 aromatic carbocycles. The largest absolute Gasteiger partial charge is 0.391 e. The minimum Gasteiger partial charge on any atom is -0.391 e. The van der Waals surface area contributed by atoms with E-state index in [1.54, 1.807) is 11.8 Å². The van der Waals surface area contributed by atoms with Gasteiger partial charge in [0, 0.05) is 12.3 Å². The third-order valence-electron chi connectivity index (χ3n) is 0.894. The molecule has 3 heteroatoms. The van der Waals surface area contributed by atoms with Crippen LogP contribution in [0.3, 0.4) is 0 Å². The molecule has 0 spiro atoms. The highest BCUT2D eigenvalue weighted by Crippen LogP contribution is 2.09. The average Bonchev–Trinajstić information content (AvgIpc) is 1.83. The van der Waals surface area contributed by atoms with Gasteiger partial charge in [0.05, 0.1) is 6.10 Å². The second-order valence-corrected chi connectivity index (χ2v) is 3.88. The highest BCUT2D eigenvalue weighted by Gasteiger charge is 2.01. The maximum absolute atomic E-state index is 8.96. The third kappa shape index (κ3) is 6.15. The minimum atomic E-state index is -0.322. The van der Waals surface area contributed by atoms with Gasteiger partial charge in [-0.1, -0.05) is 13.8 Å². The third-order valence-corrected chi connectivity index (χ3v) is 2.14. The molecule has 56 valence electrons. The summed E-state index contributed by atoms with van der Waals surface area (Å²) in [6.07, 6.45) is -0.322. The average molecular weight is 149 g/mol. The molecule has 0 aromatic rings. The van der Waals surface area contributed by atoms with E-state index in [2.05, 4.69) is 13.8 Å². The number of hydrogen-bond acceptors (Lipinski definition) is 3. The zero-order valence-corrected chi connectivity index (χ0v) is 6.82. The predicted molar refractivity (Wildman–Crippen MR) is 42.7 cm³/mol. The summed E-state index contributed by atoms with van der Waals surface area (Å²) < 4.78 is 0. The van der Waals surface area contributed by atoms with Crippen LogP contribution in [0, 0.1) is 0 Å². The molecule has 2 nitrogen and oxygen atoms in total. The molecule has 0 aliphatic carbocycles. The quantitative estimate of drug-likeness (QED) is 0.610. The van der Waals surface area contributed by atoms with Crippen LogP contribution in [0.5, 0.6) is 0 Å². The molecule has 0 radical (unpaired) electrons. The fraction of sp³-hybridized carbons (Fsp3) is 1.00. The molecule has 0 rings (SSSR count). The van der Waals surface area contributed by atoms with E-state index >= 15 is 0 Å². The van der Waals surface area contributed by atoms with Crippen LogP contribution in [-0.4, -0.2) is 28.8 Å². The van der Waals surface area contributed by atoms with Gasteiger partial charge in [-0.05, 0) is 5.25 Å². The van der Waals surface area contributed by atoms with E-state index in [4.69, 9.17) is 10.8 Å². The smallest absolute Gasteiger partial charge is 0.0752 e. The summed E-state index contributed by atoms with van der Waals surface area (Å²) in [5, 5.41) is 9.55. The Hall–Kier alpha value is 0.270. The fourth-order valence-corrected chi connectivity index (χ4v) is 1.11. The monoisotopic (exact) mass is 149 g/mol. The number of aliphatic hydroxyl groups is 1. The molecule has 0 aliphatic rings. The topological polar surface area (TPSA) is 46.2 Å². The van der Waals surface area contributed by atoms with Crippen molar-refractivity contribution in [1.82, 2.24) is 0 Å². The maximum atomic E-state index is 8.96. The fourth-order valence-electron chi connectivity index (χ4n) is 0.372. The van der Waals surface area contributed by atoms with Gasteiger partial charge >= 0.3 is 0 Å². The highest BCUT2D eigenvalue weighted by atomic mass is 32.2. The number of hydrogen-bond donors (Lipinski definition) is 2. The van der Waals surface area contributed by atoms with Gasteiger partial charge in [-0.25, -0.2) is 0 Å². The van der Waals surface area contributed by atoms with Crippen LogP contribution in [0.4, 0.5) is 0 Å². The first-order chi connectivity index (χ1) is 4.16. The van der Waals surface area contributed by atoms with Crippen LogP contribution in [-0.2, 0) is 0 Å². The van der Waals surface area contributed by atoms with Crippen molar-refractivity contribution in [3.8, 4) is 0 Å². The molecule has 0 saturated carbocycles. The molecular formula is C6H15NOS. The van der Waals surface area contributed by atoms with Crippen molar-refractivity contribution < 1.29 is 5.11 Å². The lowest BCUT2D eigenvalue weighted by Crippen LogP contribution is -2.22. The number of aliphatic hydroxyl groups excluding tert-OH is 1. The van der Waals surface area contributed by atoms with Crippen molar-refractivity contribution >= 4 is 11.8 Å². The number of thioether (sulfide) groups is 1. The van der Waals surface area contributed by atoms with E-state index in [1.165, 1.54) is 0 Å². The van der Waals surface area contributed by atoms with E-state index in [0.717, 1.165) is 5.75 Å². The molecule has 0 saturated heterocycles. The van der Waals surface area contributed by atoms with E-state index in [1.807, 2.05) is 0 Å². The zero-order valence-electron chi connectivity index (χ0n) is 6.00. The zero-order chi connectivity index (χ0) is 7.28. The summed E-state index contributed by atoms with van der Waals surface area (Å²) >= 11 is 1.73. The lowest BCUT2D eigenvalue weighted by atomic mass is 10.4. The molecular weight excluding hydrogens is 134 g/mol. The van der Waals surface area contributed by atoms with E-state index < -0.39 is 0 Å². The molecule has 0 bridgehead atoms. The normalized spacial score (nSPS) is 14.3. The molecule has 0 aromatic heterocycles. The van der Waals surface area contributed by atoms with Crippen molar-refractivity contribution in [2.45, 2.75) is 25.2 Å². The predicted octanol–water partition coefficient (Wildman–Crippen LogP) is 0.448. The first kappa shape index (κ1) is 9.27. The van der Waals surface area contributed by atoms with E-state index in [-0.39, 0.29) is 6.10 Å². The Morgan fingerprint density at radius 2 is 2.11 bits per heavy atom. The first-order valence-electron chi connectivity index (χ1n) is 3.16. The van der Waals surface area contributed by atoms with E-state index in [0.29, 0.717) is 11.8 Å². The van der Waals surface area contributed by atoms with Gasteiger partial charge in [-0.15, -0.1) is 0 Å². The van der Waals surface area contributed by atoms with E-state index in [9.17, 15) is 0 Å². The molecule has 0 amide bonds. The van der Waals surface area contributed by atoms with Crippen molar-refractivity contribution in [1.29, 1.82) is 0 Å². The molecule has 0 unspecified atom stereocenters. The van der Waals surface area contributed by atoms with Gasteiger partial charge in [0.1, 0.15) is 0 Å². The Morgan fingerprint density at radius 3 is 2.44 bits per heavy atom. The molecule has 3 N–H and O–H groups in total. The second kappa shape index (κ2) is 5.09. The summed E-state index contributed by atoms with van der Waals surface area (Å²) in [4.78, 5) is 0. The molecule has 0 heterocycles. The number of rotatable bonds is 4. The minimum absolute atomic E-state index is 0.322. The Labute approximate surface area is 60.8 Å². The molecule has 1 atom stereocenters. The standard InChI is InChI=1S/C6H15NOS/c1-5(2)9-4-6(8)3-7/h5-6,8H,3-4,7H2,1-2H3/t6-/m0/s1. The Balaban J connectivity index is 3.06. The van der Waals surface area contributed by atoms with Crippen LogP contribution in [0.2, 0.25) is 0 Å². The number of nitrogens with two attached hydrogens (primary N) is 1. The lowest BCUT2D eigenvalue weighted by molar-refractivity contribution is 0.208. The van der Waals surface area contributed by atoms with Crippen molar-refractivity contribution in [2.24, 2.45) is 5.73 Å². The SMILES string of the molecule is CC(C)SC[C@@H](O)CN. The van der Waals surface area contributed by atoms with Crippen molar-refractivity contribution in [3.63, 3.8) is 0 Å². The summed E-state index contributed by atoms with van der Waals surface area (Å²) in [5.74, 6) is 0.758. The van der Waals surface area contributed by atoms with Crippen LogP contribution in [0.15, 0.2) is 0 Å². The summed E-state index contributed by atoms with van der Waals surface area (Å²) in [5.41, 5.74) is 5.19. The Bertz CT molecular complexity index is 68.1. The van der Waals surface area contributed by atoms with Crippen molar-refractivity contribution in [2.75, 3.05) is 12.3 Å². The molecule has 9 heavy (non-hydrogen) atoms. The van der Waals surface area contributed by atoms with Gasteiger partial charge in [0.25, 0.3) is 0 Å². The summed E-state index contributed by atoms with van der Waals surface area (Å²) in [6.45, 7) is 4.58. The lowest BCUT2D eigenvalue weighted by Gasteiger charge is -2.08. The molecule has 0 fully saturated rings. The first-order valence-corrected chi connectivity index (χ1v) is 4.21. The van der Waals surface area contributed by atoms with Gasteiger partial charge in [0.2, 0.25) is 0 Å². The Kier molecular flexibility index (Phi) is 5.24.